The predicted octanol–water partition coefficient (Wildman–Crippen LogP) is 5.51. The number of hydrogen-bond donors (Lipinski definition) is 1. The number of benzene rings is 2. The lowest BCUT2D eigenvalue weighted by Crippen LogP contribution is -2.11. The molecule has 0 bridgehead atoms. The summed E-state index contributed by atoms with van der Waals surface area (Å²) in [5.41, 5.74) is 1.35. The molecule has 0 aliphatic heterocycles. The molecule has 5 heteroatoms. The number of halogens is 2. The van der Waals surface area contributed by atoms with Crippen LogP contribution in [0.3, 0.4) is 0 Å². The quantitative estimate of drug-likeness (QED) is 0.687. The van der Waals surface area contributed by atoms with Crippen LogP contribution in [0.5, 0.6) is 0 Å². The molecular weight excluding hydrogens is 321 g/mol. The molecule has 0 saturated heterocycles. The number of hydrogen-bond acceptors (Lipinski definition) is 2. The minimum atomic E-state index is -0.360. The average molecular weight is 332 g/mol. The first-order valence-corrected chi connectivity index (χ1v) is 7.31. The molecule has 1 heterocycles. The number of carbonyl (C=O) groups is 1. The van der Waals surface area contributed by atoms with Crippen LogP contribution < -0.4 is 5.32 Å². The summed E-state index contributed by atoms with van der Waals surface area (Å²) in [6.45, 7) is 0. The highest BCUT2D eigenvalue weighted by Gasteiger charge is 2.13. The third kappa shape index (κ3) is 3.16. The molecule has 110 valence electrons. The van der Waals surface area contributed by atoms with Gasteiger partial charge in [0.1, 0.15) is 5.76 Å². The number of furan rings is 1. The standard InChI is InChI=1S/C17H11Cl2NO2/c18-12-5-3-4-11(10-12)15-8-9-16(22-15)17(21)20-14-7-2-1-6-13(14)19/h1-10H,(H,20,21). The number of amides is 1. The second-order valence-corrected chi connectivity index (χ2v) is 5.45. The van der Waals surface area contributed by atoms with E-state index in [9.17, 15) is 4.79 Å². The van der Waals surface area contributed by atoms with E-state index in [0.29, 0.717) is 21.5 Å². The fourth-order valence-corrected chi connectivity index (χ4v) is 2.38. The zero-order valence-corrected chi connectivity index (χ0v) is 12.9. The van der Waals surface area contributed by atoms with Crippen LogP contribution in [0.15, 0.2) is 65.1 Å². The lowest BCUT2D eigenvalue weighted by Gasteiger charge is -2.04. The van der Waals surface area contributed by atoms with Crippen LogP contribution in [-0.2, 0) is 0 Å². The summed E-state index contributed by atoms with van der Waals surface area (Å²) >= 11 is 12.0. The third-order valence-corrected chi connectivity index (χ3v) is 3.63. The summed E-state index contributed by atoms with van der Waals surface area (Å²) in [7, 11) is 0. The molecule has 0 saturated carbocycles. The van der Waals surface area contributed by atoms with Crippen molar-refractivity contribution < 1.29 is 9.21 Å². The van der Waals surface area contributed by atoms with Gasteiger partial charge in [-0.1, -0.05) is 47.5 Å². The number of rotatable bonds is 3. The van der Waals surface area contributed by atoms with Gasteiger partial charge in [0.25, 0.3) is 5.91 Å². The van der Waals surface area contributed by atoms with Crippen LogP contribution in [0.1, 0.15) is 10.6 Å². The van der Waals surface area contributed by atoms with Gasteiger partial charge in [-0.25, -0.2) is 0 Å². The van der Waals surface area contributed by atoms with Crippen molar-refractivity contribution >= 4 is 34.8 Å². The Balaban J connectivity index is 1.82. The van der Waals surface area contributed by atoms with Crippen molar-refractivity contribution in [2.75, 3.05) is 5.32 Å². The molecule has 3 aromatic rings. The molecule has 22 heavy (non-hydrogen) atoms. The lowest BCUT2D eigenvalue weighted by molar-refractivity contribution is 0.0997. The molecule has 1 N–H and O–H groups in total. The zero-order valence-electron chi connectivity index (χ0n) is 11.3. The zero-order chi connectivity index (χ0) is 15.5. The molecule has 0 atom stereocenters. The van der Waals surface area contributed by atoms with E-state index >= 15 is 0 Å². The van der Waals surface area contributed by atoms with Gasteiger partial charge in [0.2, 0.25) is 0 Å². The van der Waals surface area contributed by atoms with Crippen molar-refractivity contribution in [3.05, 3.63) is 76.5 Å². The van der Waals surface area contributed by atoms with Gasteiger partial charge in [-0.05, 0) is 36.4 Å². The van der Waals surface area contributed by atoms with E-state index in [2.05, 4.69) is 5.32 Å². The highest BCUT2D eigenvalue weighted by atomic mass is 35.5. The maximum Gasteiger partial charge on any atom is 0.291 e. The Morgan fingerprint density at radius 1 is 0.955 bits per heavy atom. The smallest absolute Gasteiger partial charge is 0.291 e. The van der Waals surface area contributed by atoms with Crippen LogP contribution in [0, 0.1) is 0 Å². The Morgan fingerprint density at radius 2 is 1.77 bits per heavy atom. The van der Waals surface area contributed by atoms with E-state index in [1.54, 1.807) is 48.5 Å². The molecule has 1 amide bonds. The summed E-state index contributed by atoms with van der Waals surface area (Å²) in [6.07, 6.45) is 0. The van der Waals surface area contributed by atoms with Crippen LogP contribution in [-0.4, -0.2) is 5.91 Å². The largest absolute Gasteiger partial charge is 0.451 e. The van der Waals surface area contributed by atoms with Gasteiger partial charge < -0.3 is 9.73 Å². The van der Waals surface area contributed by atoms with Crippen molar-refractivity contribution in [3.63, 3.8) is 0 Å². The van der Waals surface area contributed by atoms with E-state index in [0.717, 1.165) is 5.56 Å². The van der Waals surface area contributed by atoms with Crippen molar-refractivity contribution in [2.24, 2.45) is 0 Å². The highest BCUT2D eigenvalue weighted by molar-refractivity contribution is 6.33. The molecule has 1 aromatic heterocycles. The third-order valence-electron chi connectivity index (χ3n) is 3.06. The molecule has 0 fully saturated rings. The van der Waals surface area contributed by atoms with Crippen LogP contribution in [0.25, 0.3) is 11.3 Å². The van der Waals surface area contributed by atoms with Crippen LogP contribution in [0.4, 0.5) is 5.69 Å². The van der Waals surface area contributed by atoms with Crippen molar-refractivity contribution in [1.82, 2.24) is 0 Å². The Labute approximate surface area is 137 Å². The van der Waals surface area contributed by atoms with E-state index in [-0.39, 0.29) is 11.7 Å². The Hall–Kier alpha value is -2.23. The van der Waals surface area contributed by atoms with Gasteiger partial charge >= 0.3 is 0 Å². The summed E-state index contributed by atoms with van der Waals surface area (Å²) in [6, 6.07) is 17.6. The predicted molar refractivity (Wildman–Crippen MR) is 88.6 cm³/mol. The van der Waals surface area contributed by atoms with E-state index in [4.69, 9.17) is 27.6 Å². The number of para-hydroxylation sites is 1. The van der Waals surface area contributed by atoms with Gasteiger partial charge in [-0.3, -0.25) is 4.79 Å². The van der Waals surface area contributed by atoms with E-state index in [1.165, 1.54) is 0 Å². The monoisotopic (exact) mass is 331 g/mol. The van der Waals surface area contributed by atoms with Gasteiger partial charge in [0.15, 0.2) is 5.76 Å². The normalized spacial score (nSPS) is 10.5. The van der Waals surface area contributed by atoms with Crippen molar-refractivity contribution in [3.8, 4) is 11.3 Å². The average Bonchev–Trinajstić information content (AvgIpc) is 2.99. The van der Waals surface area contributed by atoms with Crippen LogP contribution in [0.2, 0.25) is 10.0 Å². The maximum atomic E-state index is 12.2. The molecule has 3 nitrogen and oxygen atoms in total. The first kappa shape index (κ1) is 14.7. The molecule has 2 aromatic carbocycles. The van der Waals surface area contributed by atoms with Crippen LogP contribution >= 0.6 is 23.2 Å². The highest BCUT2D eigenvalue weighted by Crippen LogP contribution is 2.26. The second kappa shape index (κ2) is 6.26. The van der Waals surface area contributed by atoms with E-state index < -0.39 is 0 Å². The van der Waals surface area contributed by atoms with E-state index in [1.807, 2.05) is 12.1 Å². The number of nitrogens with one attached hydrogen (secondary N) is 1. The summed E-state index contributed by atoms with van der Waals surface area (Å²) in [5, 5.41) is 3.79. The Morgan fingerprint density at radius 3 is 2.55 bits per heavy atom. The molecule has 3 rings (SSSR count). The van der Waals surface area contributed by atoms with Gasteiger partial charge in [0.05, 0.1) is 10.7 Å². The fourth-order valence-electron chi connectivity index (χ4n) is 2.00. The molecule has 0 aliphatic rings. The summed E-state index contributed by atoms with van der Waals surface area (Å²) < 4.78 is 5.58. The number of carbonyl (C=O) groups excluding carboxylic acids is 1. The van der Waals surface area contributed by atoms with Gasteiger partial charge in [-0.15, -0.1) is 0 Å². The molecule has 0 unspecified atom stereocenters. The summed E-state index contributed by atoms with van der Waals surface area (Å²) in [4.78, 5) is 12.2. The first-order chi connectivity index (χ1) is 10.6. The Kier molecular flexibility index (Phi) is 4.18. The Bertz CT molecular complexity index is 827. The molecule has 0 spiro atoms. The SMILES string of the molecule is O=C(Nc1ccccc1Cl)c1ccc(-c2cccc(Cl)c2)o1. The number of anilines is 1. The minimum absolute atomic E-state index is 0.204. The van der Waals surface area contributed by atoms with Gasteiger partial charge in [0, 0.05) is 10.6 Å². The minimum Gasteiger partial charge on any atom is -0.451 e. The second-order valence-electron chi connectivity index (χ2n) is 4.61. The first-order valence-electron chi connectivity index (χ1n) is 6.55. The topological polar surface area (TPSA) is 42.2 Å². The lowest BCUT2D eigenvalue weighted by atomic mass is 10.2. The van der Waals surface area contributed by atoms with Crippen molar-refractivity contribution in [1.29, 1.82) is 0 Å². The van der Waals surface area contributed by atoms with Gasteiger partial charge in [-0.2, -0.15) is 0 Å². The summed E-state index contributed by atoms with van der Waals surface area (Å²) in [5.74, 6) is 0.420. The molecular formula is C17H11Cl2NO2. The molecule has 0 aliphatic carbocycles. The maximum absolute atomic E-state index is 12.2. The van der Waals surface area contributed by atoms with Crippen molar-refractivity contribution in [2.45, 2.75) is 0 Å². The fraction of sp³-hybridized carbons (Fsp3) is 0. The molecule has 0 radical (unpaired) electrons.